The summed E-state index contributed by atoms with van der Waals surface area (Å²) in [5.41, 5.74) is 4.22. The summed E-state index contributed by atoms with van der Waals surface area (Å²) in [5, 5.41) is 19.8. The highest BCUT2D eigenvalue weighted by Gasteiger charge is 2.29. The van der Waals surface area contributed by atoms with Gasteiger partial charge < -0.3 is 14.6 Å². The normalized spacial score (nSPS) is 14.1. The molecule has 1 unspecified atom stereocenters. The van der Waals surface area contributed by atoms with E-state index in [1.165, 1.54) is 6.07 Å². The molecule has 0 aliphatic carbocycles. The Morgan fingerprint density at radius 1 is 0.974 bits per heavy atom. The van der Waals surface area contributed by atoms with Crippen LogP contribution in [0.5, 0.6) is 17.2 Å². The number of Topliss-reactive ketones (excluding diaryl/α,β-unsaturated/α-hetero) is 1. The summed E-state index contributed by atoms with van der Waals surface area (Å²) in [6.07, 6.45) is 0.599. The first-order valence-electron chi connectivity index (χ1n) is 12.0. The fraction of sp³-hybridized carbons (Fsp3) is 0.129. The summed E-state index contributed by atoms with van der Waals surface area (Å²) in [6.45, 7) is 0.274. The zero-order valence-corrected chi connectivity index (χ0v) is 20.9. The average molecular weight is 524 g/mol. The molecule has 1 atom stereocenters. The van der Waals surface area contributed by atoms with Gasteiger partial charge in [0.2, 0.25) is 0 Å². The Morgan fingerprint density at radius 2 is 1.63 bits per heavy atom. The van der Waals surface area contributed by atoms with Crippen LogP contribution in [0.2, 0.25) is 5.02 Å². The number of benzene rings is 4. The highest BCUT2D eigenvalue weighted by atomic mass is 35.5. The van der Waals surface area contributed by atoms with Crippen molar-refractivity contribution >= 4 is 23.4 Å². The van der Waals surface area contributed by atoms with Crippen LogP contribution in [0.15, 0.2) is 84.9 Å². The lowest BCUT2D eigenvalue weighted by molar-refractivity contribution is -0.139. The molecule has 4 aromatic rings. The van der Waals surface area contributed by atoms with Gasteiger partial charge >= 0.3 is 5.97 Å². The Kier molecular flexibility index (Phi) is 7.12. The van der Waals surface area contributed by atoms with E-state index in [9.17, 15) is 20.0 Å². The molecule has 0 spiro atoms. The lowest BCUT2D eigenvalue weighted by atomic mass is 9.91. The molecule has 0 saturated heterocycles. The van der Waals surface area contributed by atoms with Crippen LogP contribution >= 0.6 is 11.6 Å². The van der Waals surface area contributed by atoms with Gasteiger partial charge in [-0.25, -0.2) is 0 Å². The van der Waals surface area contributed by atoms with Gasteiger partial charge in [-0.15, -0.1) is 0 Å². The first-order chi connectivity index (χ1) is 18.4. The zero-order chi connectivity index (χ0) is 26.6. The minimum atomic E-state index is -0.954. The molecule has 0 fully saturated rings. The number of ketones is 1. The lowest BCUT2D eigenvalue weighted by Crippen LogP contribution is -2.21. The number of carbonyl (C=O) groups excluding carboxylic acids is 1. The maximum Gasteiger partial charge on any atom is 0.311 e. The number of fused-ring (bicyclic) bond motifs is 1. The Morgan fingerprint density at radius 3 is 2.26 bits per heavy atom. The first kappa shape index (κ1) is 25.1. The molecule has 6 nitrogen and oxygen atoms in total. The van der Waals surface area contributed by atoms with E-state index in [1.807, 2.05) is 48.5 Å². The lowest BCUT2D eigenvalue weighted by Gasteiger charge is -2.24. The van der Waals surface area contributed by atoms with Crippen LogP contribution in [0.4, 0.5) is 0 Å². The zero-order valence-electron chi connectivity index (χ0n) is 20.2. The maximum absolute atomic E-state index is 12.9. The molecule has 38 heavy (non-hydrogen) atoms. The summed E-state index contributed by atoms with van der Waals surface area (Å²) in [7, 11) is 0. The minimum Gasteiger partial charge on any atom is -0.493 e. The van der Waals surface area contributed by atoms with Crippen molar-refractivity contribution in [3.63, 3.8) is 0 Å². The predicted molar refractivity (Wildman–Crippen MR) is 143 cm³/mol. The SMILES string of the molecule is N#Cc1cc2c(cc1Oc1ccc(C(=O)Cc3ccc(-c4ccc(Cl)cc4)cc3)cc1)OCCC2C(=O)O. The molecule has 188 valence electrons. The molecule has 0 radical (unpaired) electrons. The largest absolute Gasteiger partial charge is 0.493 e. The molecule has 1 N–H and O–H groups in total. The Hall–Kier alpha value is -4.60. The van der Waals surface area contributed by atoms with Crippen LogP contribution in [0.3, 0.4) is 0 Å². The van der Waals surface area contributed by atoms with Crippen LogP contribution in [0.25, 0.3) is 11.1 Å². The summed E-state index contributed by atoms with van der Waals surface area (Å²) in [4.78, 5) is 24.4. The third-order valence-corrected chi connectivity index (χ3v) is 6.72. The molecule has 1 aliphatic rings. The number of carboxylic acids is 1. The number of hydrogen-bond acceptors (Lipinski definition) is 5. The smallest absolute Gasteiger partial charge is 0.311 e. The van der Waals surface area contributed by atoms with E-state index in [2.05, 4.69) is 6.07 Å². The highest BCUT2D eigenvalue weighted by molar-refractivity contribution is 6.30. The van der Waals surface area contributed by atoms with E-state index in [0.717, 1.165) is 16.7 Å². The van der Waals surface area contributed by atoms with E-state index in [0.29, 0.717) is 34.1 Å². The fourth-order valence-corrected chi connectivity index (χ4v) is 4.55. The van der Waals surface area contributed by atoms with Gasteiger partial charge in [-0.3, -0.25) is 9.59 Å². The summed E-state index contributed by atoms with van der Waals surface area (Å²) < 4.78 is 11.5. The number of carboxylic acid groups (broad SMARTS) is 1. The Labute approximate surface area is 224 Å². The molecular weight excluding hydrogens is 502 g/mol. The maximum atomic E-state index is 12.9. The van der Waals surface area contributed by atoms with Gasteiger partial charge in [-0.05, 0) is 65.6 Å². The van der Waals surface area contributed by atoms with Gasteiger partial charge in [0.1, 0.15) is 23.3 Å². The van der Waals surface area contributed by atoms with Gasteiger partial charge in [-0.2, -0.15) is 5.26 Å². The number of ether oxygens (including phenoxy) is 2. The van der Waals surface area contributed by atoms with E-state index in [-0.39, 0.29) is 30.1 Å². The van der Waals surface area contributed by atoms with Crippen LogP contribution in [-0.2, 0) is 11.2 Å². The quantitative estimate of drug-likeness (QED) is 0.261. The molecule has 4 aromatic carbocycles. The van der Waals surface area contributed by atoms with Crippen molar-refractivity contribution in [3.05, 3.63) is 112 Å². The van der Waals surface area contributed by atoms with E-state index >= 15 is 0 Å². The van der Waals surface area contributed by atoms with Crippen LogP contribution in [-0.4, -0.2) is 23.5 Å². The third-order valence-electron chi connectivity index (χ3n) is 6.47. The van der Waals surface area contributed by atoms with E-state index in [1.54, 1.807) is 30.3 Å². The summed E-state index contributed by atoms with van der Waals surface area (Å²) >= 11 is 5.96. The molecule has 0 amide bonds. The van der Waals surface area contributed by atoms with E-state index in [4.69, 9.17) is 21.1 Å². The average Bonchev–Trinajstić information content (AvgIpc) is 2.93. The molecule has 1 heterocycles. The highest BCUT2D eigenvalue weighted by Crippen LogP contribution is 2.39. The Balaban J connectivity index is 1.27. The third kappa shape index (κ3) is 5.39. The number of hydrogen-bond donors (Lipinski definition) is 1. The van der Waals surface area contributed by atoms with Gasteiger partial charge in [0, 0.05) is 28.6 Å². The standard InChI is InChI=1S/C31H22ClNO5/c32-24-9-5-21(6-10-24)20-3-1-19(2-4-20)15-28(34)22-7-11-25(12-8-22)38-29-17-30-27(16-23(29)18-33)26(31(35)36)13-14-37-30/h1-12,16-17,26H,13-15H2,(H,35,36). The molecule has 0 bridgehead atoms. The molecule has 7 heteroatoms. The molecule has 5 rings (SSSR count). The number of aliphatic carboxylic acids is 1. The number of nitriles is 1. The second kappa shape index (κ2) is 10.8. The van der Waals surface area contributed by atoms with Crippen molar-refractivity contribution in [2.75, 3.05) is 6.61 Å². The monoisotopic (exact) mass is 523 g/mol. The fourth-order valence-electron chi connectivity index (χ4n) is 4.43. The van der Waals surface area contributed by atoms with Crippen molar-refractivity contribution in [2.24, 2.45) is 0 Å². The number of carbonyl (C=O) groups is 2. The van der Waals surface area contributed by atoms with Crippen molar-refractivity contribution in [2.45, 2.75) is 18.8 Å². The first-order valence-corrected chi connectivity index (χ1v) is 12.4. The summed E-state index contributed by atoms with van der Waals surface area (Å²) in [6, 6.07) is 27.3. The molecule has 0 saturated carbocycles. The Bertz CT molecular complexity index is 1540. The van der Waals surface area contributed by atoms with E-state index < -0.39 is 11.9 Å². The number of rotatable bonds is 7. The van der Waals surface area contributed by atoms with Crippen molar-refractivity contribution in [1.82, 2.24) is 0 Å². The van der Waals surface area contributed by atoms with Gasteiger partial charge in [-0.1, -0.05) is 48.0 Å². The van der Waals surface area contributed by atoms with Gasteiger partial charge in [0.05, 0.1) is 18.1 Å². The summed E-state index contributed by atoms with van der Waals surface area (Å²) in [5.74, 6) is -0.612. The van der Waals surface area contributed by atoms with Gasteiger partial charge in [0.25, 0.3) is 0 Å². The van der Waals surface area contributed by atoms with Crippen LogP contribution in [0, 0.1) is 11.3 Å². The molecule has 1 aliphatic heterocycles. The van der Waals surface area contributed by atoms with Crippen molar-refractivity contribution in [3.8, 4) is 34.4 Å². The molecular formula is C31H22ClNO5. The predicted octanol–water partition coefficient (Wildman–Crippen LogP) is 7.05. The molecule has 0 aromatic heterocycles. The van der Waals surface area contributed by atoms with Crippen LogP contribution in [0.1, 0.15) is 39.4 Å². The van der Waals surface area contributed by atoms with Gasteiger partial charge in [0.15, 0.2) is 5.78 Å². The van der Waals surface area contributed by atoms with Crippen molar-refractivity contribution in [1.29, 1.82) is 5.26 Å². The number of halogens is 1. The van der Waals surface area contributed by atoms with Crippen molar-refractivity contribution < 1.29 is 24.2 Å². The number of nitrogens with zero attached hydrogens (tertiary/aromatic N) is 1. The second-order valence-electron chi connectivity index (χ2n) is 8.96. The topological polar surface area (TPSA) is 96.6 Å². The minimum absolute atomic E-state index is 0.0320. The second-order valence-corrected chi connectivity index (χ2v) is 9.39. The van der Waals surface area contributed by atoms with Crippen LogP contribution < -0.4 is 9.47 Å².